The van der Waals surface area contributed by atoms with Crippen molar-refractivity contribution in [1.29, 1.82) is 0 Å². The topological polar surface area (TPSA) is 73.7 Å². The number of aromatic nitrogens is 2. The molecule has 0 fully saturated rings. The number of aryl methyl sites for hydroxylation is 1. The van der Waals surface area contributed by atoms with Crippen molar-refractivity contribution in [3.8, 4) is 0 Å². The number of nitrogens with zero attached hydrogens (tertiary/aromatic N) is 3. The lowest BCUT2D eigenvalue weighted by atomic mass is 9.98. The smallest absolute Gasteiger partial charge is 0.415 e. The molecule has 1 aliphatic heterocycles. The van der Waals surface area contributed by atoms with Crippen LogP contribution in [0.2, 0.25) is 0 Å². The first-order chi connectivity index (χ1) is 11.3. The van der Waals surface area contributed by atoms with E-state index in [2.05, 4.69) is 5.10 Å². The number of allylic oxidation sites excluding steroid dienone is 1. The predicted molar refractivity (Wildman–Crippen MR) is 89.0 cm³/mol. The quantitative estimate of drug-likeness (QED) is 0.794. The van der Waals surface area contributed by atoms with Crippen molar-refractivity contribution in [2.45, 2.75) is 58.7 Å². The van der Waals surface area contributed by atoms with Gasteiger partial charge < -0.3 is 9.47 Å². The summed E-state index contributed by atoms with van der Waals surface area (Å²) < 4.78 is 12.1. The molecule has 0 saturated heterocycles. The molecule has 0 spiro atoms. The molecule has 1 aromatic heterocycles. The Morgan fingerprint density at radius 2 is 2.08 bits per heavy atom. The van der Waals surface area contributed by atoms with Gasteiger partial charge in [0.1, 0.15) is 11.6 Å². The summed E-state index contributed by atoms with van der Waals surface area (Å²) in [5.41, 5.74) is 1.24. The molecule has 7 nitrogen and oxygen atoms in total. The SMILES string of the molecule is CCn1nccc1C1=CN(C(=O)OC(C)(C)C)[C@@H](C(=O)OC)CC1. The summed E-state index contributed by atoms with van der Waals surface area (Å²) in [6, 6.07) is 1.23. The van der Waals surface area contributed by atoms with E-state index in [1.165, 1.54) is 12.0 Å². The zero-order valence-corrected chi connectivity index (χ0v) is 14.9. The molecule has 0 saturated carbocycles. The molecule has 132 valence electrons. The number of methoxy groups -OCH3 is 1. The van der Waals surface area contributed by atoms with Gasteiger partial charge in [-0.05, 0) is 52.2 Å². The fourth-order valence-corrected chi connectivity index (χ4v) is 2.67. The Morgan fingerprint density at radius 3 is 2.67 bits per heavy atom. The number of ether oxygens (including phenoxy) is 2. The van der Waals surface area contributed by atoms with Gasteiger partial charge in [0.05, 0.1) is 12.8 Å². The van der Waals surface area contributed by atoms with Crippen LogP contribution in [0.4, 0.5) is 4.79 Å². The summed E-state index contributed by atoms with van der Waals surface area (Å²) in [6.45, 7) is 8.10. The van der Waals surface area contributed by atoms with E-state index in [-0.39, 0.29) is 0 Å². The van der Waals surface area contributed by atoms with Gasteiger partial charge >= 0.3 is 12.1 Å². The van der Waals surface area contributed by atoms with Crippen LogP contribution in [0.5, 0.6) is 0 Å². The lowest BCUT2D eigenvalue weighted by molar-refractivity contribution is -0.146. The third-order valence-electron chi connectivity index (χ3n) is 3.74. The number of carbonyl (C=O) groups excluding carboxylic acids is 2. The molecule has 1 amide bonds. The van der Waals surface area contributed by atoms with Crippen LogP contribution in [-0.2, 0) is 20.8 Å². The maximum Gasteiger partial charge on any atom is 0.415 e. The Labute approximate surface area is 142 Å². The van der Waals surface area contributed by atoms with Crippen molar-refractivity contribution in [1.82, 2.24) is 14.7 Å². The van der Waals surface area contributed by atoms with Gasteiger partial charge in [-0.1, -0.05) is 0 Å². The van der Waals surface area contributed by atoms with Crippen molar-refractivity contribution in [3.63, 3.8) is 0 Å². The Morgan fingerprint density at radius 1 is 1.38 bits per heavy atom. The first-order valence-electron chi connectivity index (χ1n) is 8.09. The largest absolute Gasteiger partial charge is 0.467 e. The number of hydrogen-bond donors (Lipinski definition) is 0. The average Bonchev–Trinajstić information content (AvgIpc) is 3.00. The summed E-state index contributed by atoms with van der Waals surface area (Å²) in [4.78, 5) is 25.9. The molecule has 24 heavy (non-hydrogen) atoms. The standard InChI is InChI=1S/C17H25N3O4/c1-6-20-13(9-10-18-20)12-7-8-14(15(21)23-5)19(11-12)16(22)24-17(2,3)4/h9-11,14H,6-8H2,1-5H3/t14-/m1/s1. The van der Waals surface area contributed by atoms with Gasteiger partial charge in [0.15, 0.2) is 0 Å². The molecular weight excluding hydrogens is 310 g/mol. The minimum Gasteiger partial charge on any atom is -0.467 e. The third kappa shape index (κ3) is 3.96. The van der Waals surface area contributed by atoms with Crippen molar-refractivity contribution < 1.29 is 19.1 Å². The van der Waals surface area contributed by atoms with E-state index in [0.717, 1.165) is 17.8 Å². The van der Waals surface area contributed by atoms with E-state index in [9.17, 15) is 9.59 Å². The van der Waals surface area contributed by atoms with Crippen LogP contribution in [0.25, 0.3) is 5.57 Å². The van der Waals surface area contributed by atoms with Crippen LogP contribution in [0.15, 0.2) is 18.5 Å². The Hall–Kier alpha value is -2.31. The summed E-state index contributed by atoms with van der Waals surface area (Å²) in [5.74, 6) is -0.444. The van der Waals surface area contributed by atoms with Gasteiger partial charge in [-0.25, -0.2) is 9.59 Å². The fourth-order valence-electron chi connectivity index (χ4n) is 2.67. The summed E-state index contributed by atoms with van der Waals surface area (Å²) >= 11 is 0. The zero-order chi connectivity index (χ0) is 17.9. The molecule has 1 atom stereocenters. The second-order valence-electron chi connectivity index (χ2n) is 6.65. The van der Waals surface area contributed by atoms with Crippen LogP contribution in [0, 0.1) is 0 Å². The first-order valence-corrected chi connectivity index (χ1v) is 8.09. The second-order valence-corrected chi connectivity index (χ2v) is 6.65. The van der Waals surface area contributed by atoms with Crippen LogP contribution in [-0.4, -0.2) is 45.5 Å². The summed E-state index contributed by atoms with van der Waals surface area (Å²) in [6.07, 6.45) is 3.99. The molecule has 7 heteroatoms. The molecule has 0 unspecified atom stereocenters. The normalized spacial score (nSPS) is 18.1. The second kappa shape index (κ2) is 7.07. The van der Waals surface area contributed by atoms with Gasteiger partial charge in [-0.15, -0.1) is 0 Å². The average molecular weight is 335 g/mol. The lowest BCUT2D eigenvalue weighted by Crippen LogP contribution is -2.46. The maximum absolute atomic E-state index is 12.5. The van der Waals surface area contributed by atoms with E-state index >= 15 is 0 Å². The lowest BCUT2D eigenvalue weighted by Gasteiger charge is -2.33. The van der Waals surface area contributed by atoms with Crippen LogP contribution < -0.4 is 0 Å². The van der Waals surface area contributed by atoms with Gasteiger partial charge in [0, 0.05) is 18.9 Å². The summed E-state index contributed by atoms with van der Waals surface area (Å²) in [7, 11) is 1.32. The highest BCUT2D eigenvalue weighted by atomic mass is 16.6. The van der Waals surface area contributed by atoms with Crippen molar-refractivity contribution in [2.75, 3.05) is 7.11 Å². The monoisotopic (exact) mass is 335 g/mol. The van der Waals surface area contributed by atoms with E-state index in [1.54, 1.807) is 33.2 Å². The molecule has 0 radical (unpaired) electrons. The molecule has 0 N–H and O–H groups in total. The van der Waals surface area contributed by atoms with Crippen LogP contribution >= 0.6 is 0 Å². The highest BCUT2D eigenvalue weighted by molar-refractivity contribution is 5.85. The van der Waals surface area contributed by atoms with Gasteiger partial charge in [-0.3, -0.25) is 9.58 Å². The highest BCUT2D eigenvalue weighted by Gasteiger charge is 2.36. The molecule has 0 bridgehead atoms. The molecule has 1 aromatic rings. The van der Waals surface area contributed by atoms with Gasteiger partial charge in [0.25, 0.3) is 0 Å². The minimum atomic E-state index is -0.674. The van der Waals surface area contributed by atoms with E-state index in [4.69, 9.17) is 9.47 Å². The van der Waals surface area contributed by atoms with Crippen LogP contribution in [0.3, 0.4) is 0 Å². The molecule has 2 rings (SSSR count). The van der Waals surface area contributed by atoms with Gasteiger partial charge in [0.2, 0.25) is 0 Å². The molecule has 0 aliphatic carbocycles. The molecule has 2 heterocycles. The Balaban J connectivity index is 2.36. The third-order valence-corrected chi connectivity index (χ3v) is 3.74. The molecular formula is C17H25N3O4. The zero-order valence-electron chi connectivity index (χ0n) is 14.9. The first kappa shape index (κ1) is 18.0. The minimum absolute atomic E-state index is 0.444. The maximum atomic E-state index is 12.5. The van der Waals surface area contributed by atoms with Crippen molar-refractivity contribution in [2.24, 2.45) is 0 Å². The van der Waals surface area contributed by atoms with E-state index in [0.29, 0.717) is 12.8 Å². The van der Waals surface area contributed by atoms with E-state index in [1.807, 2.05) is 17.7 Å². The van der Waals surface area contributed by atoms with Crippen molar-refractivity contribution in [3.05, 3.63) is 24.2 Å². The number of hydrogen-bond acceptors (Lipinski definition) is 5. The predicted octanol–water partition coefficient (Wildman–Crippen LogP) is 2.82. The number of carbonyl (C=O) groups is 2. The van der Waals surface area contributed by atoms with E-state index < -0.39 is 23.7 Å². The summed E-state index contributed by atoms with van der Waals surface area (Å²) in [5, 5.41) is 4.26. The number of rotatable bonds is 3. The number of amides is 1. The molecule has 1 aliphatic rings. The molecule has 0 aromatic carbocycles. The van der Waals surface area contributed by atoms with Gasteiger partial charge in [-0.2, -0.15) is 5.10 Å². The highest BCUT2D eigenvalue weighted by Crippen LogP contribution is 2.30. The Bertz CT molecular complexity index is 643. The fraction of sp³-hybridized carbons (Fsp3) is 0.588. The Kier molecular flexibility index (Phi) is 5.31. The van der Waals surface area contributed by atoms with Crippen molar-refractivity contribution >= 4 is 17.6 Å². The number of esters is 1. The van der Waals surface area contributed by atoms with Crippen LogP contribution in [0.1, 0.15) is 46.2 Å².